The monoisotopic (exact) mass is 325 g/mol. The van der Waals surface area contributed by atoms with Crippen LogP contribution in [0.5, 0.6) is 5.75 Å². The van der Waals surface area contributed by atoms with Crippen molar-refractivity contribution in [3.63, 3.8) is 0 Å². The summed E-state index contributed by atoms with van der Waals surface area (Å²) in [5, 5.41) is 0. The van der Waals surface area contributed by atoms with Crippen molar-refractivity contribution in [3.05, 3.63) is 21.5 Å². The molecule has 15 heavy (non-hydrogen) atoms. The van der Waals surface area contributed by atoms with E-state index in [2.05, 4.69) is 0 Å². The highest BCUT2D eigenvalue weighted by Gasteiger charge is 2.06. The molecule has 0 heterocycles. The van der Waals surface area contributed by atoms with E-state index in [0.29, 0.717) is 34.8 Å². The number of ether oxygens (including phenoxy) is 2. The molecule has 0 aliphatic heterocycles. The van der Waals surface area contributed by atoms with Gasteiger partial charge in [-0.05, 0) is 35.6 Å². The van der Waals surface area contributed by atoms with Crippen LogP contribution in [0, 0.1) is 9.39 Å². The zero-order valence-electron chi connectivity index (χ0n) is 8.43. The number of anilines is 1. The number of rotatable bonds is 5. The van der Waals surface area contributed by atoms with Gasteiger partial charge in [0.25, 0.3) is 0 Å². The fourth-order valence-electron chi connectivity index (χ4n) is 1.02. The number of halogens is 2. The molecule has 2 N–H and O–H groups in total. The Morgan fingerprint density at radius 1 is 1.40 bits per heavy atom. The third kappa shape index (κ3) is 3.83. The van der Waals surface area contributed by atoms with Crippen molar-refractivity contribution >= 4 is 28.3 Å². The van der Waals surface area contributed by atoms with Gasteiger partial charge in [0.2, 0.25) is 0 Å². The van der Waals surface area contributed by atoms with Crippen molar-refractivity contribution in [2.24, 2.45) is 0 Å². The second-order valence-electron chi connectivity index (χ2n) is 2.85. The van der Waals surface area contributed by atoms with Crippen LogP contribution >= 0.6 is 22.6 Å². The molecule has 1 aromatic carbocycles. The number of nitrogen functional groups attached to an aromatic ring is 1. The highest BCUT2D eigenvalue weighted by Crippen LogP contribution is 2.26. The van der Waals surface area contributed by atoms with E-state index in [4.69, 9.17) is 15.2 Å². The first-order chi connectivity index (χ1) is 7.15. The summed E-state index contributed by atoms with van der Waals surface area (Å²) < 4.78 is 24.0. The van der Waals surface area contributed by atoms with Gasteiger partial charge in [-0.1, -0.05) is 0 Å². The topological polar surface area (TPSA) is 44.5 Å². The van der Waals surface area contributed by atoms with Gasteiger partial charge < -0.3 is 15.2 Å². The average molecular weight is 325 g/mol. The van der Waals surface area contributed by atoms with E-state index in [1.807, 2.05) is 29.5 Å². The minimum absolute atomic E-state index is 0.323. The normalized spacial score (nSPS) is 10.3. The third-order valence-corrected chi connectivity index (χ3v) is 2.57. The SMILES string of the molecule is CCOCCOc1cc(F)c(I)cc1N. The quantitative estimate of drug-likeness (QED) is 0.514. The van der Waals surface area contributed by atoms with E-state index in [0.717, 1.165) is 0 Å². The Morgan fingerprint density at radius 3 is 2.80 bits per heavy atom. The van der Waals surface area contributed by atoms with Gasteiger partial charge in [0, 0.05) is 12.7 Å². The highest BCUT2D eigenvalue weighted by atomic mass is 127. The first-order valence-electron chi connectivity index (χ1n) is 4.60. The first kappa shape index (κ1) is 12.5. The molecular formula is C10H13FINO2. The minimum Gasteiger partial charge on any atom is -0.489 e. The molecule has 0 fully saturated rings. The molecule has 1 aromatic rings. The zero-order valence-corrected chi connectivity index (χ0v) is 10.6. The third-order valence-electron chi connectivity index (χ3n) is 1.74. The van der Waals surface area contributed by atoms with E-state index >= 15 is 0 Å². The lowest BCUT2D eigenvalue weighted by Gasteiger charge is -2.09. The maximum atomic E-state index is 13.2. The molecule has 3 nitrogen and oxygen atoms in total. The average Bonchev–Trinajstić information content (AvgIpc) is 2.20. The Hall–Kier alpha value is -0.560. The molecule has 0 aromatic heterocycles. The van der Waals surface area contributed by atoms with Gasteiger partial charge in [-0.2, -0.15) is 0 Å². The predicted molar refractivity (Wildman–Crippen MR) is 65.5 cm³/mol. The van der Waals surface area contributed by atoms with Crippen LogP contribution in [0.15, 0.2) is 12.1 Å². The van der Waals surface area contributed by atoms with Gasteiger partial charge in [-0.25, -0.2) is 4.39 Å². The molecule has 1 rings (SSSR count). The molecule has 0 saturated carbocycles. The molecule has 0 aliphatic rings. The maximum Gasteiger partial charge on any atom is 0.145 e. The van der Waals surface area contributed by atoms with Crippen LogP contribution in [0.2, 0.25) is 0 Å². The van der Waals surface area contributed by atoms with Gasteiger partial charge in [0.1, 0.15) is 18.2 Å². The zero-order chi connectivity index (χ0) is 11.3. The summed E-state index contributed by atoms with van der Waals surface area (Å²) >= 11 is 1.88. The highest BCUT2D eigenvalue weighted by molar-refractivity contribution is 14.1. The van der Waals surface area contributed by atoms with Crippen LogP contribution in [-0.2, 0) is 4.74 Å². The Labute approximate surface area is 102 Å². The molecule has 0 aliphatic carbocycles. The number of hydrogen-bond acceptors (Lipinski definition) is 3. The lowest BCUT2D eigenvalue weighted by atomic mass is 10.3. The van der Waals surface area contributed by atoms with Gasteiger partial charge >= 0.3 is 0 Å². The van der Waals surface area contributed by atoms with E-state index in [1.54, 1.807) is 6.07 Å². The smallest absolute Gasteiger partial charge is 0.145 e. The van der Waals surface area contributed by atoms with E-state index in [-0.39, 0.29) is 5.82 Å². The lowest BCUT2D eigenvalue weighted by Crippen LogP contribution is -2.08. The second kappa shape index (κ2) is 6.12. The first-order valence-corrected chi connectivity index (χ1v) is 5.68. The van der Waals surface area contributed by atoms with Gasteiger partial charge in [0.15, 0.2) is 0 Å². The van der Waals surface area contributed by atoms with Crippen LogP contribution in [0.25, 0.3) is 0 Å². The fourth-order valence-corrected chi connectivity index (χ4v) is 1.52. The summed E-state index contributed by atoms with van der Waals surface area (Å²) in [5.74, 6) is 0.0452. The van der Waals surface area contributed by atoms with Crippen molar-refractivity contribution in [3.8, 4) is 5.75 Å². The van der Waals surface area contributed by atoms with Gasteiger partial charge in [0.05, 0.1) is 15.9 Å². The van der Waals surface area contributed by atoms with Crippen LogP contribution in [-0.4, -0.2) is 19.8 Å². The molecule has 5 heteroatoms. The van der Waals surface area contributed by atoms with Crippen LogP contribution < -0.4 is 10.5 Å². The number of benzene rings is 1. The van der Waals surface area contributed by atoms with E-state index < -0.39 is 0 Å². The maximum absolute atomic E-state index is 13.2. The molecular weight excluding hydrogens is 312 g/mol. The molecule has 0 unspecified atom stereocenters. The summed E-state index contributed by atoms with van der Waals surface area (Å²) in [4.78, 5) is 0. The molecule has 0 amide bonds. The summed E-state index contributed by atoms with van der Waals surface area (Å²) in [6.07, 6.45) is 0. The Morgan fingerprint density at radius 2 is 2.13 bits per heavy atom. The van der Waals surface area contributed by atoms with Gasteiger partial charge in [-0.15, -0.1) is 0 Å². The summed E-state index contributed by atoms with van der Waals surface area (Å²) in [7, 11) is 0. The Kier molecular flexibility index (Phi) is 5.10. The molecule has 0 atom stereocenters. The van der Waals surface area contributed by atoms with E-state index in [9.17, 15) is 4.39 Å². The minimum atomic E-state index is -0.323. The largest absolute Gasteiger partial charge is 0.489 e. The second-order valence-corrected chi connectivity index (χ2v) is 4.01. The van der Waals surface area contributed by atoms with Crippen LogP contribution in [0.1, 0.15) is 6.92 Å². The fraction of sp³-hybridized carbons (Fsp3) is 0.400. The van der Waals surface area contributed by atoms with Crippen LogP contribution in [0.4, 0.5) is 10.1 Å². The molecule has 84 valence electrons. The standard InChI is InChI=1S/C10H13FINO2/c1-2-14-3-4-15-10-5-7(11)8(12)6-9(10)13/h5-6H,2-4,13H2,1H3. The van der Waals surface area contributed by atoms with Crippen LogP contribution in [0.3, 0.4) is 0 Å². The summed E-state index contributed by atoms with van der Waals surface area (Å²) in [6.45, 7) is 3.39. The van der Waals surface area contributed by atoms with Crippen molar-refractivity contribution in [1.82, 2.24) is 0 Å². The molecule has 0 bridgehead atoms. The molecule has 0 radical (unpaired) electrons. The number of nitrogens with two attached hydrogens (primary N) is 1. The predicted octanol–water partition coefficient (Wildman–Crippen LogP) is 2.43. The van der Waals surface area contributed by atoms with Crippen molar-refractivity contribution in [2.45, 2.75) is 6.92 Å². The summed E-state index contributed by atoms with van der Waals surface area (Å²) in [6, 6.07) is 2.84. The van der Waals surface area contributed by atoms with Crippen molar-refractivity contribution in [2.75, 3.05) is 25.6 Å². The summed E-state index contributed by atoms with van der Waals surface area (Å²) in [5.41, 5.74) is 6.11. The molecule has 0 saturated heterocycles. The van der Waals surface area contributed by atoms with Crippen molar-refractivity contribution < 1.29 is 13.9 Å². The van der Waals surface area contributed by atoms with Crippen molar-refractivity contribution in [1.29, 1.82) is 0 Å². The van der Waals surface area contributed by atoms with E-state index in [1.165, 1.54) is 6.07 Å². The molecule has 0 spiro atoms. The Bertz CT molecular complexity index is 333. The van der Waals surface area contributed by atoms with Gasteiger partial charge in [-0.3, -0.25) is 0 Å². The Balaban J connectivity index is 2.57. The number of hydrogen-bond donors (Lipinski definition) is 1. The lowest BCUT2D eigenvalue weighted by molar-refractivity contribution is 0.110.